The zero-order valence-corrected chi connectivity index (χ0v) is 14.0. The average molecular weight is 343 g/mol. The van der Waals surface area contributed by atoms with Crippen molar-refractivity contribution in [1.29, 1.82) is 0 Å². The molecule has 2 rings (SSSR count). The Bertz CT molecular complexity index is 478. The molecular formula is C14H23BrN4O. The molecule has 2 heterocycles. The number of nitrogens with zero attached hydrogens (tertiary/aromatic N) is 3. The van der Waals surface area contributed by atoms with Gasteiger partial charge in [-0.2, -0.15) is 5.10 Å². The van der Waals surface area contributed by atoms with Crippen LogP contribution in [0.5, 0.6) is 0 Å². The number of piperidine rings is 1. The zero-order chi connectivity index (χ0) is 14.7. The molecule has 0 spiro atoms. The lowest BCUT2D eigenvalue weighted by Crippen LogP contribution is -2.39. The van der Waals surface area contributed by atoms with Gasteiger partial charge in [0.15, 0.2) is 0 Å². The van der Waals surface area contributed by atoms with E-state index in [1.165, 1.54) is 5.69 Å². The van der Waals surface area contributed by atoms with E-state index in [9.17, 15) is 4.79 Å². The Morgan fingerprint density at radius 1 is 1.45 bits per heavy atom. The summed E-state index contributed by atoms with van der Waals surface area (Å²) in [5.74, 6) is 0.359. The number of aryl methyl sites for hydroxylation is 2. The second-order valence-corrected chi connectivity index (χ2v) is 6.12. The summed E-state index contributed by atoms with van der Waals surface area (Å²) in [6.45, 7) is 7.86. The molecule has 1 amide bonds. The predicted molar refractivity (Wildman–Crippen MR) is 82.4 cm³/mol. The van der Waals surface area contributed by atoms with Crippen molar-refractivity contribution in [2.45, 2.75) is 39.8 Å². The van der Waals surface area contributed by atoms with Crippen LogP contribution in [0, 0.1) is 12.8 Å². The summed E-state index contributed by atoms with van der Waals surface area (Å²) in [5, 5.41) is 7.28. The topological polar surface area (TPSA) is 50.2 Å². The molecule has 1 N–H and O–H groups in total. The predicted octanol–water partition coefficient (Wildman–Crippen LogP) is 1.93. The summed E-state index contributed by atoms with van der Waals surface area (Å²) in [4.78, 5) is 14.0. The van der Waals surface area contributed by atoms with Gasteiger partial charge < -0.3 is 5.32 Å². The molecule has 0 radical (unpaired) electrons. The molecule has 0 aliphatic carbocycles. The van der Waals surface area contributed by atoms with E-state index in [1.54, 1.807) is 7.05 Å². The van der Waals surface area contributed by atoms with Crippen LogP contribution in [0.15, 0.2) is 4.47 Å². The lowest BCUT2D eigenvalue weighted by Gasteiger charge is -2.31. The van der Waals surface area contributed by atoms with Gasteiger partial charge in [-0.25, -0.2) is 0 Å². The second kappa shape index (κ2) is 6.72. The first kappa shape index (κ1) is 15.5. The Hall–Kier alpha value is -0.880. The molecule has 1 aliphatic heterocycles. The first-order chi connectivity index (χ1) is 9.56. The maximum atomic E-state index is 11.6. The lowest BCUT2D eigenvalue weighted by molar-refractivity contribution is -0.125. The Balaban J connectivity index is 1.98. The summed E-state index contributed by atoms with van der Waals surface area (Å²) in [5.41, 5.74) is 2.28. The van der Waals surface area contributed by atoms with Crippen LogP contribution in [0.1, 0.15) is 31.2 Å². The van der Waals surface area contributed by atoms with Gasteiger partial charge in [-0.3, -0.25) is 14.4 Å². The Labute approximate surface area is 128 Å². The number of hydrogen-bond acceptors (Lipinski definition) is 3. The highest BCUT2D eigenvalue weighted by Gasteiger charge is 2.25. The Kier molecular flexibility index (Phi) is 5.21. The van der Waals surface area contributed by atoms with Gasteiger partial charge in [0.2, 0.25) is 5.91 Å². The number of carbonyl (C=O) groups is 1. The van der Waals surface area contributed by atoms with Gasteiger partial charge in [0.1, 0.15) is 0 Å². The first-order valence-corrected chi connectivity index (χ1v) is 8.01. The Morgan fingerprint density at radius 3 is 2.65 bits per heavy atom. The van der Waals surface area contributed by atoms with Crippen LogP contribution in [0.4, 0.5) is 0 Å². The van der Waals surface area contributed by atoms with Gasteiger partial charge in [-0.15, -0.1) is 0 Å². The summed E-state index contributed by atoms with van der Waals surface area (Å²) >= 11 is 3.64. The van der Waals surface area contributed by atoms with E-state index in [2.05, 4.69) is 42.9 Å². The molecule has 0 aromatic carbocycles. The number of carbonyl (C=O) groups excluding carboxylic acids is 1. The quantitative estimate of drug-likeness (QED) is 0.909. The maximum absolute atomic E-state index is 11.6. The third kappa shape index (κ3) is 3.23. The molecule has 0 bridgehead atoms. The third-order valence-electron chi connectivity index (χ3n) is 4.03. The molecule has 0 atom stereocenters. The van der Waals surface area contributed by atoms with Crippen LogP contribution >= 0.6 is 15.9 Å². The summed E-state index contributed by atoms with van der Waals surface area (Å²) < 4.78 is 3.18. The van der Waals surface area contributed by atoms with E-state index in [-0.39, 0.29) is 11.8 Å². The lowest BCUT2D eigenvalue weighted by atomic mass is 9.96. The fourth-order valence-corrected chi connectivity index (χ4v) is 3.20. The van der Waals surface area contributed by atoms with Crippen molar-refractivity contribution < 1.29 is 4.79 Å². The Morgan fingerprint density at radius 2 is 2.10 bits per heavy atom. The van der Waals surface area contributed by atoms with Crippen LogP contribution in [0.25, 0.3) is 0 Å². The van der Waals surface area contributed by atoms with Crippen molar-refractivity contribution in [2.24, 2.45) is 5.92 Å². The molecule has 1 aromatic rings. The van der Waals surface area contributed by atoms with Crippen LogP contribution in [-0.2, 0) is 17.9 Å². The molecule has 1 saturated heterocycles. The van der Waals surface area contributed by atoms with Gasteiger partial charge in [-0.05, 0) is 55.7 Å². The highest BCUT2D eigenvalue weighted by molar-refractivity contribution is 9.10. The minimum absolute atomic E-state index is 0.178. The second-order valence-electron chi connectivity index (χ2n) is 5.33. The van der Waals surface area contributed by atoms with Crippen molar-refractivity contribution in [3.05, 3.63) is 15.9 Å². The van der Waals surface area contributed by atoms with Crippen LogP contribution in [0.2, 0.25) is 0 Å². The van der Waals surface area contributed by atoms with E-state index in [4.69, 9.17) is 0 Å². The van der Waals surface area contributed by atoms with E-state index in [1.807, 2.05) is 6.92 Å². The SMILES string of the molecule is CCn1nc(C)c(Br)c1CN1CCC(C(=O)NC)CC1. The monoisotopic (exact) mass is 342 g/mol. The number of hydrogen-bond donors (Lipinski definition) is 1. The average Bonchev–Trinajstić information content (AvgIpc) is 2.75. The van der Waals surface area contributed by atoms with E-state index >= 15 is 0 Å². The normalized spacial score (nSPS) is 17.4. The molecule has 5 nitrogen and oxygen atoms in total. The number of rotatable bonds is 4. The standard InChI is InChI=1S/C14H23BrN4O/c1-4-19-12(13(15)10(2)17-19)9-18-7-5-11(6-8-18)14(20)16-3/h11H,4-9H2,1-3H3,(H,16,20). The van der Waals surface area contributed by atoms with Crippen molar-refractivity contribution in [3.63, 3.8) is 0 Å². The number of nitrogens with one attached hydrogen (secondary N) is 1. The highest BCUT2D eigenvalue weighted by atomic mass is 79.9. The molecule has 1 fully saturated rings. The van der Waals surface area contributed by atoms with Crippen molar-refractivity contribution in [2.75, 3.05) is 20.1 Å². The van der Waals surface area contributed by atoms with Crippen molar-refractivity contribution >= 4 is 21.8 Å². The van der Waals surface area contributed by atoms with Crippen LogP contribution < -0.4 is 5.32 Å². The summed E-state index contributed by atoms with van der Waals surface area (Å²) in [6, 6.07) is 0. The first-order valence-electron chi connectivity index (χ1n) is 7.22. The minimum Gasteiger partial charge on any atom is -0.359 e. The molecule has 1 aromatic heterocycles. The molecule has 112 valence electrons. The van der Waals surface area contributed by atoms with Gasteiger partial charge in [0, 0.05) is 26.1 Å². The summed E-state index contributed by atoms with van der Waals surface area (Å²) in [6.07, 6.45) is 1.88. The fraction of sp³-hybridized carbons (Fsp3) is 0.714. The van der Waals surface area contributed by atoms with Gasteiger partial charge >= 0.3 is 0 Å². The number of halogens is 1. The third-order valence-corrected chi connectivity index (χ3v) is 5.06. The highest BCUT2D eigenvalue weighted by Crippen LogP contribution is 2.25. The molecule has 6 heteroatoms. The fourth-order valence-electron chi connectivity index (χ4n) is 2.79. The van der Waals surface area contributed by atoms with Crippen LogP contribution in [0.3, 0.4) is 0 Å². The molecule has 0 saturated carbocycles. The van der Waals surface area contributed by atoms with Gasteiger partial charge in [0.25, 0.3) is 0 Å². The molecule has 20 heavy (non-hydrogen) atoms. The van der Waals surface area contributed by atoms with E-state index in [0.717, 1.165) is 49.2 Å². The van der Waals surface area contributed by atoms with E-state index < -0.39 is 0 Å². The van der Waals surface area contributed by atoms with Crippen molar-refractivity contribution in [1.82, 2.24) is 20.0 Å². The molecule has 0 unspecified atom stereocenters. The van der Waals surface area contributed by atoms with Crippen LogP contribution in [-0.4, -0.2) is 40.7 Å². The molecular weight excluding hydrogens is 320 g/mol. The number of amides is 1. The van der Waals surface area contributed by atoms with Gasteiger partial charge in [-0.1, -0.05) is 0 Å². The van der Waals surface area contributed by atoms with Gasteiger partial charge in [0.05, 0.1) is 15.9 Å². The number of likely N-dealkylation sites (tertiary alicyclic amines) is 1. The smallest absolute Gasteiger partial charge is 0.222 e. The molecule has 1 aliphatic rings. The number of aromatic nitrogens is 2. The largest absolute Gasteiger partial charge is 0.359 e. The van der Waals surface area contributed by atoms with Crippen molar-refractivity contribution in [3.8, 4) is 0 Å². The minimum atomic E-state index is 0.178. The maximum Gasteiger partial charge on any atom is 0.222 e. The summed E-state index contributed by atoms with van der Waals surface area (Å²) in [7, 11) is 1.72. The zero-order valence-electron chi connectivity index (χ0n) is 12.4. The van der Waals surface area contributed by atoms with E-state index in [0.29, 0.717) is 0 Å².